The number of ether oxygens (including phenoxy) is 1. The number of alkyl halides is 1. The van der Waals surface area contributed by atoms with E-state index in [9.17, 15) is 5.11 Å². The number of halogens is 1. The first-order valence-corrected chi connectivity index (χ1v) is 12.8. The Morgan fingerprint density at radius 2 is 1.93 bits per heavy atom. The van der Waals surface area contributed by atoms with Crippen LogP contribution in [0.1, 0.15) is 81.2 Å². The fourth-order valence-electron chi connectivity index (χ4n) is 4.68. The van der Waals surface area contributed by atoms with Crippen LogP contribution in [0.25, 0.3) is 0 Å². The van der Waals surface area contributed by atoms with Gasteiger partial charge >= 0.3 is 0 Å². The average molecular weight is 449 g/mol. The second-order valence-electron chi connectivity index (χ2n) is 9.33. The van der Waals surface area contributed by atoms with E-state index in [1.54, 1.807) is 11.3 Å². The van der Waals surface area contributed by atoms with E-state index in [4.69, 9.17) is 16.3 Å². The summed E-state index contributed by atoms with van der Waals surface area (Å²) in [5.74, 6) is 0.799. The molecule has 1 aliphatic rings. The topological polar surface area (TPSA) is 29.5 Å². The molecule has 1 aliphatic carbocycles. The van der Waals surface area contributed by atoms with Gasteiger partial charge in [0.05, 0.1) is 19.3 Å². The summed E-state index contributed by atoms with van der Waals surface area (Å²) in [6.07, 6.45) is 6.15. The zero-order chi connectivity index (χ0) is 21.6. The Morgan fingerprint density at radius 1 is 1.17 bits per heavy atom. The summed E-state index contributed by atoms with van der Waals surface area (Å²) < 4.78 is 6.04. The van der Waals surface area contributed by atoms with Crippen LogP contribution in [0.3, 0.4) is 0 Å². The molecule has 2 nitrogen and oxygen atoms in total. The largest absolute Gasteiger partial charge is 0.392 e. The van der Waals surface area contributed by atoms with Gasteiger partial charge in [0.1, 0.15) is 0 Å². The fourth-order valence-corrected chi connectivity index (χ4v) is 5.79. The zero-order valence-electron chi connectivity index (χ0n) is 18.6. The van der Waals surface area contributed by atoms with Crippen LogP contribution in [0.2, 0.25) is 0 Å². The summed E-state index contributed by atoms with van der Waals surface area (Å²) in [6.45, 7) is 7.95. The van der Waals surface area contributed by atoms with Crippen LogP contribution in [-0.2, 0) is 16.8 Å². The zero-order valence-corrected chi connectivity index (χ0v) is 20.2. The van der Waals surface area contributed by atoms with Crippen LogP contribution in [0.15, 0.2) is 41.8 Å². The van der Waals surface area contributed by atoms with Crippen LogP contribution in [0.4, 0.5) is 0 Å². The first kappa shape index (κ1) is 23.8. The maximum absolute atomic E-state index is 10.8. The molecule has 1 fully saturated rings. The molecule has 4 heteroatoms. The number of hydrogen-bond acceptors (Lipinski definition) is 3. The van der Waals surface area contributed by atoms with Gasteiger partial charge in [-0.2, -0.15) is 0 Å². The highest BCUT2D eigenvalue weighted by molar-refractivity contribution is 7.09. The van der Waals surface area contributed by atoms with Crippen LogP contribution >= 0.6 is 22.9 Å². The normalized spacial score (nSPS) is 23.0. The fraction of sp³-hybridized carbons (Fsp3) is 0.615. The number of aliphatic hydroxyl groups excluding tert-OH is 1. The molecule has 0 saturated heterocycles. The van der Waals surface area contributed by atoms with Crippen molar-refractivity contribution in [3.05, 3.63) is 57.8 Å². The predicted molar refractivity (Wildman–Crippen MR) is 129 cm³/mol. The standard InChI is InChI=1S/C26H37ClO2S/c1-4-5-6-9-24(28)26(2,3)21-13-10-19(11-14-21)25-20(12-15-23(25)27)17-29-18-22-8-7-16-30-22/h7-8,10-11,13-14,16,20,23-25,28H,4-6,9,12,15,17-18H2,1-3H3. The number of rotatable bonds is 11. The molecule has 0 aliphatic heterocycles. The van der Waals surface area contributed by atoms with Crippen molar-refractivity contribution < 1.29 is 9.84 Å². The van der Waals surface area contributed by atoms with Gasteiger partial charge in [0.25, 0.3) is 0 Å². The molecule has 0 spiro atoms. The third-order valence-corrected chi connectivity index (χ3v) is 8.16. The van der Waals surface area contributed by atoms with Gasteiger partial charge in [-0.25, -0.2) is 0 Å². The van der Waals surface area contributed by atoms with Gasteiger partial charge in [0.15, 0.2) is 0 Å². The third kappa shape index (κ3) is 5.88. The van der Waals surface area contributed by atoms with E-state index < -0.39 is 0 Å². The Kier molecular flexibility index (Phi) is 8.82. The molecule has 1 aromatic heterocycles. The summed E-state index contributed by atoms with van der Waals surface area (Å²) in [5.41, 5.74) is 2.26. The minimum absolute atomic E-state index is 0.166. The maximum Gasteiger partial charge on any atom is 0.0809 e. The summed E-state index contributed by atoms with van der Waals surface area (Å²) >= 11 is 8.49. The summed E-state index contributed by atoms with van der Waals surface area (Å²) in [7, 11) is 0. The molecular formula is C26H37ClO2S. The van der Waals surface area contributed by atoms with Gasteiger partial charge in [0.2, 0.25) is 0 Å². The Hall–Kier alpha value is -0.870. The molecule has 0 bridgehead atoms. The number of benzene rings is 1. The number of hydrogen-bond donors (Lipinski definition) is 1. The van der Waals surface area contributed by atoms with E-state index in [1.807, 2.05) is 0 Å². The lowest BCUT2D eigenvalue weighted by Crippen LogP contribution is -2.33. The van der Waals surface area contributed by atoms with Crippen molar-refractivity contribution in [2.75, 3.05) is 6.61 Å². The Labute approximate surface area is 191 Å². The molecule has 166 valence electrons. The lowest BCUT2D eigenvalue weighted by atomic mass is 9.76. The quantitative estimate of drug-likeness (QED) is 0.289. The minimum Gasteiger partial charge on any atom is -0.392 e. The molecule has 1 N–H and O–H groups in total. The molecule has 1 saturated carbocycles. The lowest BCUT2D eigenvalue weighted by molar-refractivity contribution is 0.0853. The summed E-state index contributed by atoms with van der Waals surface area (Å²) in [5, 5.41) is 13.0. The second-order valence-corrected chi connectivity index (χ2v) is 10.9. The molecule has 1 heterocycles. The monoisotopic (exact) mass is 448 g/mol. The first-order chi connectivity index (χ1) is 14.4. The molecule has 2 aromatic rings. The molecule has 0 radical (unpaired) electrons. The first-order valence-electron chi connectivity index (χ1n) is 11.5. The molecule has 1 aromatic carbocycles. The van der Waals surface area contributed by atoms with E-state index in [2.05, 4.69) is 62.5 Å². The number of aliphatic hydroxyl groups is 1. The van der Waals surface area contributed by atoms with Crippen LogP contribution in [0, 0.1) is 5.92 Å². The van der Waals surface area contributed by atoms with Crippen molar-refractivity contribution in [3.63, 3.8) is 0 Å². The Balaban J connectivity index is 1.62. The van der Waals surface area contributed by atoms with Gasteiger partial charge < -0.3 is 9.84 Å². The van der Waals surface area contributed by atoms with Gasteiger partial charge in [-0.1, -0.05) is 70.4 Å². The highest BCUT2D eigenvalue weighted by Crippen LogP contribution is 2.43. The molecular weight excluding hydrogens is 412 g/mol. The minimum atomic E-state index is -0.319. The van der Waals surface area contributed by atoms with Gasteiger partial charge in [-0.15, -0.1) is 22.9 Å². The molecule has 4 unspecified atom stereocenters. The van der Waals surface area contributed by atoms with Crippen molar-refractivity contribution in [3.8, 4) is 0 Å². The summed E-state index contributed by atoms with van der Waals surface area (Å²) in [4.78, 5) is 1.27. The van der Waals surface area contributed by atoms with Crippen molar-refractivity contribution >= 4 is 22.9 Å². The van der Waals surface area contributed by atoms with Crippen LogP contribution in [-0.4, -0.2) is 23.2 Å². The Morgan fingerprint density at radius 3 is 2.60 bits per heavy atom. The SMILES string of the molecule is CCCCCC(O)C(C)(C)c1ccc(C2C(Cl)CCC2COCc2cccs2)cc1. The van der Waals surface area contributed by atoms with Crippen molar-refractivity contribution in [2.45, 2.75) is 88.7 Å². The predicted octanol–water partition coefficient (Wildman–Crippen LogP) is 7.28. The second kappa shape index (κ2) is 11.1. The van der Waals surface area contributed by atoms with E-state index in [0.717, 1.165) is 32.3 Å². The van der Waals surface area contributed by atoms with Gasteiger partial charge in [-0.05, 0) is 47.8 Å². The third-order valence-electron chi connectivity index (χ3n) is 6.82. The molecule has 0 amide bonds. The van der Waals surface area contributed by atoms with E-state index >= 15 is 0 Å². The smallest absolute Gasteiger partial charge is 0.0809 e. The van der Waals surface area contributed by atoms with Crippen molar-refractivity contribution in [1.82, 2.24) is 0 Å². The van der Waals surface area contributed by atoms with Crippen LogP contribution in [0.5, 0.6) is 0 Å². The van der Waals surface area contributed by atoms with Crippen LogP contribution < -0.4 is 0 Å². The lowest BCUT2D eigenvalue weighted by Gasteiger charge is -2.32. The number of thiophene rings is 1. The average Bonchev–Trinajstić information content (AvgIpc) is 3.38. The molecule has 4 atom stereocenters. The highest BCUT2D eigenvalue weighted by atomic mass is 35.5. The van der Waals surface area contributed by atoms with E-state index in [1.165, 1.54) is 28.8 Å². The van der Waals surface area contributed by atoms with Gasteiger partial charge in [0, 0.05) is 21.6 Å². The number of unbranched alkanes of at least 4 members (excludes halogenated alkanes) is 2. The molecule has 30 heavy (non-hydrogen) atoms. The van der Waals surface area contributed by atoms with Crippen molar-refractivity contribution in [1.29, 1.82) is 0 Å². The molecule has 3 rings (SSSR count). The van der Waals surface area contributed by atoms with E-state index in [-0.39, 0.29) is 16.9 Å². The van der Waals surface area contributed by atoms with Crippen molar-refractivity contribution in [2.24, 2.45) is 5.92 Å². The summed E-state index contributed by atoms with van der Waals surface area (Å²) in [6, 6.07) is 13.0. The highest BCUT2D eigenvalue weighted by Gasteiger charge is 2.36. The maximum atomic E-state index is 10.8. The van der Waals surface area contributed by atoms with Gasteiger partial charge in [-0.3, -0.25) is 0 Å². The van der Waals surface area contributed by atoms with E-state index in [0.29, 0.717) is 18.4 Å². The Bertz CT molecular complexity index is 741.